The van der Waals surface area contributed by atoms with Crippen molar-refractivity contribution in [3.63, 3.8) is 0 Å². The number of anilines is 1. The zero-order chi connectivity index (χ0) is 13.7. The van der Waals surface area contributed by atoms with E-state index >= 15 is 0 Å². The van der Waals surface area contributed by atoms with Gasteiger partial charge in [-0.15, -0.1) is 0 Å². The second-order valence-electron chi connectivity index (χ2n) is 4.55. The third-order valence-electron chi connectivity index (χ3n) is 2.56. The number of rotatable bonds is 5. The summed E-state index contributed by atoms with van der Waals surface area (Å²) >= 11 is 0. The number of nitrogens with one attached hydrogen (secondary N) is 1. The van der Waals surface area contributed by atoms with Gasteiger partial charge in [0.1, 0.15) is 6.04 Å². The van der Waals surface area contributed by atoms with Gasteiger partial charge < -0.3 is 16.2 Å². The molecule has 98 valence electrons. The Balaban J connectivity index is 2.63. The van der Waals surface area contributed by atoms with Crippen molar-refractivity contribution in [3.05, 3.63) is 29.8 Å². The van der Waals surface area contributed by atoms with Crippen LogP contribution in [0.1, 0.15) is 19.4 Å². The number of nitrogens with two attached hydrogens (primary N) is 1. The summed E-state index contributed by atoms with van der Waals surface area (Å²) in [6, 6.07) is 6.11. The van der Waals surface area contributed by atoms with Gasteiger partial charge in [0, 0.05) is 5.69 Å². The lowest BCUT2D eigenvalue weighted by atomic mass is 10.0. The molecule has 1 aromatic carbocycles. The summed E-state index contributed by atoms with van der Waals surface area (Å²) in [6.07, 6.45) is 0.127. The van der Waals surface area contributed by atoms with Crippen molar-refractivity contribution < 1.29 is 14.7 Å². The number of hydrogen-bond acceptors (Lipinski definition) is 3. The van der Waals surface area contributed by atoms with Crippen LogP contribution in [0.5, 0.6) is 0 Å². The third-order valence-corrected chi connectivity index (χ3v) is 2.56. The van der Waals surface area contributed by atoms with Gasteiger partial charge in [0.25, 0.3) is 0 Å². The van der Waals surface area contributed by atoms with Gasteiger partial charge in [-0.3, -0.25) is 4.79 Å². The highest BCUT2D eigenvalue weighted by Gasteiger charge is 2.23. The van der Waals surface area contributed by atoms with Crippen molar-refractivity contribution in [3.8, 4) is 0 Å². The normalized spacial score (nSPS) is 12.2. The third kappa shape index (κ3) is 4.08. The van der Waals surface area contributed by atoms with Gasteiger partial charge in [-0.1, -0.05) is 26.0 Å². The molecule has 0 fully saturated rings. The van der Waals surface area contributed by atoms with Crippen LogP contribution >= 0.6 is 0 Å². The molecule has 1 rings (SSSR count). The Bertz CT molecular complexity index is 444. The van der Waals surface area contributed by atoms with Crippen LogP contribution in [0.15, 0.2) is 24.3 Å². The smallest absolute Gasteiger partial charge is 0.326 e. The minimum Gasteiger partial charge on any atom is -0.480 e. The maximum absolute atomic E-state index is 11.7. The highest BCUT2D eigenvalue weighted by Crippen LogP contribution is 2.08. The van der Waals surface area contributed by atoms with Gasteiger partial charge in [-0.05, 0) is 23.6 Å². The Kier molecular flexibility index (Phi) is 4.71. The predicted octanol–water partition coefficient (Wildman–Crippen LogP) is 1.04. The summed E-state index contributed by atoms with van der Waals surface area (Å²) in [7, 11) is 0. The highest BCUT2D eigenvalue weighted by atomic mass is 16.4. The minimum absolute atomic E-state index is 0.127. The van der Waals surface area contributed by atoms with Gasteiger partial charge >= 0.3 is 5.97 Å². The van der Waals surface area contributed by atoms with Crippen molar-refractivity contribution in [2.75, 3.05) is 5.73 Å². The zero-order valence-corrected chi connectivity index (χ0v) is 10.5. The Morgan fingerprint density at radius 1 is 1.39 bits per heavy atom. The number of benzene rings is 1. The van der Waals surface area contributed by atoms with Crippen LogP contribution in [-0.4, -0.2) is 23.0 Å². The van der Waals surface area contributed by atoms with Crippen LogP contribution in [0.2, 0.25) is 0 Å². The quantitative estimate of drug-likeness (QED) is 0.681. The van der Waals surface area contributed by atoms with Crippen LogP contribution in [0.4, 0.5) is 5.69 Å². The maximum atomic E-state index is 11.7. The number of carbonyl (C=O) groups is 2. The molecule has 18 heavy (non-hydrogen) atoms. The van der Waals surface area contributed by atoms with E-state index < -0.39 is 12.0 Å². The number of aliphatic carboxylic acids is 1. The van der Waals surface area contributed by atoms with E-state index in [1.54, 1.807) is 38.1 Å². The van der Waals surface area contributed by atoms with Crippen LogP contribution in [-0.2, 0) is 16.0 Å². The molecule has 0 saturated heterocycles. The first-order valence-corrected chi connectivity index (χ1v) is 5.76. The fraction of sp³-hybridized carbons (Fsp3) is 0.385. The average Bonchev–Trinajstić information content (AvgIpc) is 2.25. The van der Waals surface area contributed by atoms with E-state index in [4.69, 9.17) is 10.8 Å². The Morgan fingerprint density at radius 2 is 2.06 bits per heavy atom. The van der Waals surface area contributed by atoms with Gasteiger partial charge in [0.05, 0.1) is 6.42 Å². The molecule has 0 saturated carbocycles. The van der Waals surface area contributed by atoms with Crippen LogP contribution in [0.3, 0.4) is 0 Å². The van der Waals surface area contributed by atoms with E-state index in [-0.39, 0.29) is 18.2 Å². The largest absolute Gasteiger partial charge is 0.480 e. The number of carboxylic acid groups (broad SMARTS) is 1. The highest BCUT2D eigenvalue weighted by molar-refractivity contribution is 5.85. The standard InChI is InChI=1S/C13H18N2O3/c1-8(2)12(13(17)18)15-11(16)7-9-4-3-5-10(14)6-9/h3-6,8,12H,7,14H2,1-2H3,(H,15,16)(H,17,18). The first-order valence-electron chi connectivity index (χ1n) is 5.76. The molecule has 0 bridgehead atoms. The number of carboxylic acids is 1. The lowest BCUT2D eigenvalue weighted by Crippen LogP contribution is -2.44. The molecular formula is C13H18N2O3. The molecule has 5 heteroatoms. The Labute approximate surface area is 106 Å². The topological polar surface area (TPSA) is 92.4 Å². The first kappa shape index (κ1) is 14.0. The molecule has 1 unspecified atom stereocenters. The van der Waals surface area contributed by atoms with Gasteiger partial charge in [0.15, 0.2) is 0 Å². The molecule has 0 heterocycles. The molecule has 1 atom stereocenters. The number of hydrogen-bond donors (Lipinski definition) is 3. The van der Waals surface area contributed by atoms with Gasteiger partial charge in [-0.25, -0.2) is 4.79 Å². The molecule has 0 radical (unpaired) electrons. The van der Waals surface area contributed by atoms with Crippen LogP contribution in [0, 0.1) is 5.92 Å². The van der Waals surface area contributed by atoms with E-state index in [1.807, 2.05) is 0 Å². The number of nitrogen functional groups attached to an aromatic ring is 1. The summed E-state index contributed by atoms with van der Waals surface area (Å²) in [5.41, 5.74) is 6.95. The summed E-state index contributed by atoms with van der Waals surface area (Å²) < 4.78 is 0. The number of amides is 1. The Hall–Kier alpha value is -2.04. The summed E-state index contributed by atoms with van der Waals surface area (Å²) in [4.78, 5) is 22.7. The van der Waals surface area contributed by atoms with Gasteiger partial charge in [-0.2, -0.15) is 0 Å². The van der Waals surface area contributed by atoms with E-state index in [0.717, 1.165) is 5.56 Å². The van der Waals surface area contributed by atoms with E-state index in [2.05, 4.69) is 5.32 Å². The maximum Gasteiger partial charge on any atom is 0.326 e. The van der Waals surface area contributed by atoms with Crippen molar-refractivity contribution in [1.82, 2.24) is 5.32 Å². The summed E-state index contributed by atoms with van der Waals surface area (Å²) in [6.45, 7) is 3.50. The van der Waals surface area contributed by atoms with Crippen molar-refractivity contribution >= 4 is 17.6 Å². The fourth-order valence-corrected chi connectivity index (χ4v) is 1.63. The number of carbonyl (C=O) groups excluding carboxylic acids is 1. The zero-order valence-electron chi connectivity index (χ0n) is 10.5. The molecule has 4 N–H and O–H groups in total. The lowest BCUT2D eigenvalue weighted by Gasteiger charge is -2.17. The minimum atomic E-state index is -1.02. The van der Waals surface area contributed by atoms with E-state index in [9.17, 15) is 9.59 Å². The Morgan fingerprint density at radius 3 is 2.56 bits per heavy atom. The van der Waals surface area contributed by atoms with Crippen molar-refractivity contribution in [2.45, 2.75) is 26.3 Å². The predicted molar refractivity (Wildman–Crippen MR) is 69.0 cm³/mol. The van der Waals surface area contributed by atoms with E-state index in [1.165, 1.54) is 0 Å². The molecule has 0 aromatic heterocycles. The molecule has 0 spiro atoms. The van der Waals surface area contributed by atoms with Crippen molar-refractivity contribution in [1.29, 1.82) is 0 Å². The molecule has 5 nitrogen and oxygen atoms in total. The molecule has 0 aliphatic rings. The molecule has 1 amide bonds. The second-order valence-corrected chi connectivity index (χ2v) is 4.55. The molecule has 0 aliphatic heterocycles. The van der Waals surface area contributed by atoms with Crippen LogP contribution < -0.4 is 11.1 Å². The summed E-state index contributed by atoms with van der Waals surface area (Å²) in [5, 5.41) is 11.5. The second kappa shape index (κ2) is 6.05. The average molecular weight is 250 g/mol. The van der Waals surface area contributed by atoms with Gasteiger partial charge in [0.2, 0.25) is 5.91 Å². The van der Waals surface area contributed by atoms with Crippen LogP contribution in [0.25, 0.3) is 0 Å². The summed E-state index contributed by atoms with van der Waals surface area (Å²) in [5.74, 6) is -1.50. The lowest BCUT2D eigenvalue weighted by molar-refractivity contribution is -0.143. The molecule has 0 aliphatic carbocycles. The first-order chi connectivity index (χ1) is 8.40. The van der Waals surface area contributed by atoms with E-state index in [0.29, 0.717) is 5.69 Å². The molecular weight excluding hydrogens is 232 g/mol. The SMILES string of the molecule is CC(C)C(NC(=O)Cc1cccc(N)c1)C(=O)O. The fourth-order valence-electron chi connectivity index (χ4n) is 1.63. The molecule has 1 aromatic rings. The van der Waals surface area contributed by atoms with Crippen molar-refractivity contribution in [2.24, 2.45) is 5.92 Å². The monoisotopic (exact) mass is 250 g/mol.